The molecule has 0 saturated carbocycles. The molecule has 0 radical (unpaired) electrons. The van der Waals surface area contributed by atoms with E-state index in [0.29, 0.717) is 38.6 Å². The Bertz CT molecular complexity index is 898. The Morgan fingerprint density at radius 2 is 1.84 bits per heavy atom. The molecule has 0 bridgehead atoms. The summed E-state index contributed by atoms with van der Waals surface area (Å²) in [7, 11) is 0. The van der Waals surface area contributed by atoms with E-state index in [9.17, 15) is 14.4 Å². The molecule has 3 amide bonds. The van der Waals surface area contributed by atoms with Gasteiger partial charge in [-0.25, -0.2) is 0 Å². The molecule has 1 aliphatic heterocycles. The van der Waals surface area contributed by atoms with E-state index < -0.39 is 11.5 Å². The number of carbonyl (C=O) groups is 3. The van der Waals surface area contributed by atoms with E-state index in [4.69, 9.17) is 0 Å². The summed E-state index contributed by atoms with van der Waals surface area (Å²) < 4.78 is 0. The van der Waals surface area contributed by atoms with Crippen molar-refractivity contribution in [3.05, 3.63) is 61.2 Å². The summed E-state index contributed by atoms with van der Waals surface area (Å²) in [6.07, 6.45) is 9.92. The Labute approximate surface area is 223 Å². The van der Waals surface area contributed by atoms with E-state index in [1.807, 2.05) is 43.3 Å². The van der Waals surface area contributed by atoms with Gasteiger partial charge in [0.05, 0.1) is 5.41 Å². The molecule has 204 valence electrons. The third-order valence-electron chi connectivity index (χ3n) is 7.38. The maximum Gasteiger partial charge on any atom is 0.242 e. The predicted molar refractivity (Wildman–Crippen MR) is 151 cm³/mol. The fraction of sp³-hybridized carbons (Fsp3) is 0.581. The molecular formula is C31H47N3O3. The fourth-order valence-electron chi connectivity index (χ4n) is 5.26. The number of amides is 3. The second-order valence-electron chi connectivity index (χ2n) is 10.9. The third kappa shape index (κ3) is 9.49. The van der Waals surface area contributed by atoms with Crippen molar-refractivity contribution in [3.8, 4) is 0 Å². The molecule has 6 nitrogen and oxygen atoms in total. The average Bonchev–Trinajstić information content (AvgIpc) is 3.22. The first-order valence-corrected chi connectivity index (χ1v) is 13.9. The van der Waals surface area contributed by atoms with Crippen LogP contribution in [0.5, 0.6) is 0 Å². The van der Waals surface area contributed by atoms with Crippen LogP contribution < -0.4 is 16.0 Å². The van der Waals surface area contributed by atoms with Crippen molar-refractivity contribution in [1.82, 2.24) is 16.0 Å². The summed E-state index contributed by atoms with van der Waals surface area (Å²) in [5.41, 5.74) is 0.581. The average molecular weight is 510 g/mol. The monoisotopic (exact) mass is 509 g/mol. The Hall–Kier alpha value is -2.89. The van der Waals surface area contributed by atoms with Gasteiger partial charge in [0.15, 0.2) is 0 Å². The Kier molecular flexibility index (Phi) is 12.6. The van der Waals surface area contributed by atoms with Gasteiger partial charge in [0, 0.05) is 18.5 Å². The van der Waals surface area contributed by atoms with Crippen LogP contribution in [-0.2, 0) is 20.8 Å². The van der Waals surface area contributed by atoms with Crippen molar-refractivity contribution >= 4 is 17.7 Å². The van der Waals surface area contributed by atoms with E-state index in [2.05, 4.69) is 43.0 Å². The molecule has 37 heavy (non-hydrogen) atoms. The zero-order valence-electron chi connectivity index (χ0n) is 23.1. The van der Waals surface area contributed by atoms with Crippen molar-refractivity contribution < 1.29 is 14.4 Å². The molecule has 1 heterocycles. The van der Waals surface area contributed by atoms with E-state index in [-0.39, 0.29) is 35.6 Å². The minimum absolute atomic E-state index is 0.0374. The summed E-state index contributed by atoms with van der Waals surface area (Å²) in [4.78, 5) is 39.6. The zero-order chi connectivity index (χ0) is 27.3. The maximum absolute atomic E-state index is 13.5. The first-order chi connectivity index (χ1) is 17.7. The molecule has 1 aromatic carbocycles. The normalized spacial score (nSPS) is 19.5. The highest BCUT2D eigenvalue weighted by Crippen LogP contribution is 2.37. The van der Waals surface area contributed by atoms with E-state index in [0.717, 1.165) is 31.2 Å². The first kappa shape index (κ1) is 30.3. The van der Waals surface area contributed by atoms with Crippen LogP contribution in [0.25, 0.3) is 0 Å². The van der Waals surface area contributed by atoms with Crippen molar-refractivity contribution in [3.63, 3.8) is 0 Å². The van der Waals surface area contributed by atoms with Crippen LogP contribution in [0.2, 0.25) is 0 Å². The van der Waals surface area contributed by atoms with E-state index >= 15 is 0 Å². The van der Waals surface area contributed by atoms with Crippen LogP contribution in [0.1, 0.15) is 77.7 Å². The topological polar surface area (TPSA) is 87.3 Å². The molecule has 1 aromatic rings. The minimum Gasteiger partial charge on any atom is -0.356 e. The number of hydrogen-bond acceptors (Lipinski definition) is 3. The lowest BCUT2D eigenvalue weighted by atomic mass is 9.76. The predicted octanol–water partition coefficient (Wildman–Crippen LogP) is 5.10. The lowest BCUT2D eigenvalue weighted by Gasteiger charge is -2.31. The third-order valence-corrected chi connectivity index (χ3v) is 7.38. The van der Waals surface area contributed by atoms with Gasteiger partial charge in [-0.3, -0.25) is 14.4 Å². The van der Waals surface area contributed by atoms with Crippen molar-refractivity contribution in [1.29, 1.82) is 0 Å². The highest BCUT2D eigenvalue weighted by atomic mass is 16.2. The number of hydrogen-bond donors (Lipinski definition) is 3. The largest absolute Gasteiger partial charge is 0.356 e. The van der Waals surface area contributed by atoms with E-state index in [1.54, 1.807) is 6.08 Å². The SMILES string of the molecule is C=CCCCC(Cc1ccccc1)C(=O)N[C@@H](CC(C)C)C(=O)N[C@H](CC)CC1(CC=C)CCNC1=O. The lowest BCUT2D eigenvalue weighted by molar-refractivity contribution is -0.132. The Morgan fingerprint density at radius 1 is 1.11 bits per heavy atom. The van der Waals surface area contributed by atoms with Crippen molar-refractivity contribution in [2.45, 2.75) is 90.6 Å². The van der Waals surface area contributed by atoms with Crippen molar-refractivity contribution in [2.75, 3.05) is 6.54 Å². The van der Waals surface area contributed by atoms with Gasteiger partial charge < -0.3 is 16.0 Å². The van der Waals surface area contributed by atoms with Crippen molar-refractivity contribution in [2.24, 2.45) is 17.3 Å². The molecular weight excluding hydrogens is 462 g/mol. The number of rotatable bonds is 17. The molecule has 0 aliphatic carbocycles. The van der Waals surface area contributed by atoms with Crippen LogP contribution in [-0.4, -0.2) is 36.3 Å². The maximum atomic E-state index is 13.5. The fourth-order valence-corrected chi connectivity index (χ4v) is 5.26. The molecule has 1 saturated heterocycles. The summed E-state index contributed by atoms with van der Waals surface area (Å²) in [5, 5.41) is 9.20. The number of unbranched alkanes of at least 4 members (excludes halogenated alkanes) is 1. The van der Waals surface area contributed by atoms with Gasteiger partial charge in [0.2, 0.25) is 17.7 Å². The van der Waals surface area contributed by atoms with Gasteiger partial charge in [-0.1, -0.05) is 63.3 Å². The molecule has 1 fully saturated rings. The first-order valence-electron chi connectivity index (χ1n) is 13.9. The number of benzene rings is 1. The number of allylic oxidation sites excluding steroid dienone is 2. The quantitative estimate of drug-likeness (QED) is 0.202. The summed E-state index contributed by atoms with van der Waals surface area (Å²) in [6, 6.07) is 9.24. The molecule has 0 aromatic heterocycles. The molecule has 2 rings (SSSR count). The smallest absolute Gasteiger partial charge is 0.242 e. The molecule has 4 atom stereocenters. The summed E-state index contributed by atoms with van der Waals surface area (Å²) >= 11 is 0. The number of nitrogens with one attached hydrogen (secondary N) is 3. The van der Waals surface area contributed by atoms with Gasteiger partial charge in [-0.15, -0.1) is 13.2 Å². The van der Waals surface area contributed by atoms with Crippen LogP contribution in [0.4, 0.5) is 0 Å². The van der Waals surface area contributed by atoms with Crippen LogP contribution in [0.3, 0.4) is 0 Å². The Morgan fingerprint density at radius 3 is 2.41 bits per heavy atom. The summed E-state index contributed by atoms with van der Waals surface area (Å²) in [6.45, 7) is 14.4. The number of carbonyl (C=O) groups excluding carboxylic acids is 3. The molecule has 6 heteroatoms. The zero-order valence-corrected chi connectivity index (χ0v) is 23.1. The molecule has 2 unspecified atom stereocenters. The summed E-state index contributed by atoms with van der Waals surface area (Å²) in [5.74, 6) is -0.205. The van der Waals surface area contributed by atoms with Gasteiger partial charge in [0.25, 0.3) is 0 Å². The highest BCUT2D eigenvalue weighted by Gasteiger charge is 2.43. The van der Waals surface area contributed by atoms with Gasteiger partial charge in [0.1, 0.15) is 6.04 Å². The molecule has 1 aliphatic rings. The highest BCUT2D eigenvalue weighted by molar-refractivity contribution is 5.89. The minimum atomic E-state index is -0.619. The lowest BCUT2D eigenvalue weighted by Crippen LogP contribution is -2.52. The van der Waals surface area contributed by atoms with Crippen LogP contribution in [0, 0.1) is 17.3 Å². The van der Waals surface area contributed by atoms with E-state index in [1.165, 1.54) is 0 Å². The van der Waals surface area contributed by atoms with Gasteiger partial charge in [-0.05, 0) is 69.3 Å². The van der Waals surface area contributed by atoms with Gasteiger partial charge >= 0.3 is 0 Å². The van der Waals surface area contributed by atoms with Crippen LogP contribution >= 0.6 is 0 Å². The Balaban J connectivity index is 2.13. The molecule has 0 spiro atoms. The molecule has 3 N–H and O–H groups in total. The van der Waals surface area contributed by atoms with Gasteiger partial charge in [-0.2, -0.15) is 0 Å². The second-order valence-corrected chi connectivity index (χ2v) is 10.9. The standard InChI is InChI=1S/C31H47N3O3/c1-6-9-11-16-25(21-24-14-12-10-13-15-24)28(35)34-27(20-23(4)5)29(36)33-26(8-3)22-31(17-7-2)18-19-32-30(31)37/h6-7,10,12-15,23,25-27H,1-2,8-9,11,16-22H2,3-5H3,(H,32,37)(H,33,36)(H,34,35)/t25?,26-,27+,31?/m1/s1. The second kappa shape index (κ2) is 15.4. The van der Waals surface area contributed by atoms with Crippen LogP contribution in [0.15, 0.2) is 55.6 Å².